The van der Waals surface area contributed by atoms with E-state index in [0.29, 0.717) is 6.54 Å². The van der Waals surface area contributed by atoms with Crippen LogP contribution in [0.4, 0.5) is 5.69 Å². The highest BCUT2D eigenvalue weighted by atomic mass is 32.2. The minimum absolute atomic E-state index is 0.0905. The summed E-state index contributed by atoms with van der Waals surface area (Å²) in [6.07, 6.45) is 0. The molecule has 0 bridgehead atoms. The Labute approximate surface area is 114 Å². The van der Waals surface area contributed by atoms with Crippen LogP contribution in [0.3, 0.4) is 0 Å². The van der Waals surface area contributed by atoms with Crippen molar-refractivity contribution < 1.29 is 8.42 Å². The van der Waals surface area contributed by atoms with Crippen molar-refractivity contribution >= 4 is 27.0 Å². The molecular weight excluding hydrogens is 286 g/mol. The van der Waals surface area contributed by atoms with E-state index in [4.69, 9.17) is 0 Å². The van der Waals surface area contributed by atoms with Crippen molar-refractivity contribution in [2.24, 2.45) is 0 Å². The molecule has 0 unspecified atom stereocenters. The molecule has 2 rings (SSSR count). The zero-order valence-electron chi connectivity index (χ0n) is 10.1. The van der Waals surface area contributed by atoms with E-state index >= 15 is 0 Å². The lowest BCUT2D eigenvalue weighted by Crippen LogP contribution is -2.18. The number of hydrogen-bond acceptors (Lipinski definition) is 5. The van der Waals surface area contributed by atoms with Crippen molar-refractivity contribution in [1.29, 1.82) is 0 Å². The predicted molar refractivity (Wildman–Crippen MR) is 75.0 cm³/mol. The smallest absolute Gasteiger partial charge is 0.304 e. The number of sulfonamides is 1. The van der Waals surface area contributed by atoms with Gasteiger partial charge in [0.25, 0.3) is 0 Å². The molecule has 0 amide bonds. The van der Waals surface area contributed by atoms with Crippen LogP contribution >= 0.6 is 11.3 Å². The number of aromatic amines is 1. The molecule has 0 aliphatic rings. The molecule has 8 heteroatoms. The Kier molecular flexibility index (Phi) is 4.03. The second-order valence-corrected chi connectivity index (χ2v) is 6.49. The summed E-state index contributed by atoms with van der Waals surface area (Å²) in [7, 11) is -2.03. The Hall–Kier alpha value is -1.64. The quantitative estimate of drug-likeness (QED) is 0.767. The molecule has 1 aromatic carbocycles. The van der Waals surface area contributed by atoms with Crippen LogP contribution in [0.1, 0.15) is 5.69 Å². The summed E-state index contributed by atoms with van der Waals surface area (Å²) in [6.45, 7) is 0.483. The molecular formula is C11H13N3O3S2. The summed E-state index contributed by atoms with van der Waals surface area (Å²) in [5.74, 6) is 0. The van der Waals surface area contributed by atoms with Crippen LogP contribution in [0.15, 0.2) is 39.3 Å². The van der Waals surface area contributed by atoms with Gasteiger partial charge in [0, 0.05) is 16.8 Å². The fraction of sp³-hybridized carbons (Fsp3) is 0.182. The van der Waals surface area contributed by atoms with E-state index in [1.54, 1.807) is 17.5 Å². The molecule has 0 radical (unpaired) electrons. The molecule has 1 heterocycles. The highest BCUT2D eigenvalue weighted by Crippen LogP contribution is 2.14. The summed E-state index contributed by atoms with van der Waals surface area (Å²) in [5.41, 5.74) is 1.57. The first-order valence-corrected chi connectivity index (χ1v) is 7.82. The van der Waals surface area contributed by atoms with Gasteiger partial charge in [0.1, 0.15) is 0 Å². The van der Waals surface area contributed by atoms with Crippen LogP contribution in [0.25, 0.3) is 0 Å². The molecule has 1 aromatic heterocycles. The molecule has 3 N–H and O–H groups in total. The number of thiazole rings is 1. The lowest BCUT2D eigenvalue weighted by atomic mass is 10.3. The van der Waals surface area contributed by atoms with Gasteiger partial charge in [0.2, 0.25) is 10.0 Å². The molecule has 2 aromatic rings. The molecule has 0 aliphatic heterocycles. The predicted octanol–water partition coefficient (Wildman–Crippen LogP) is 0.957. The number of hydrogen-bond donors (Lipinski definition) is 3. The molecule has 0 atom stereocenters. The lowest BCUT2D eigenvalue weighted by Gasteiger charge is -2.06. The first-order valence-electron chi connectivity index (χ1n) is 5.45. The van der Waals surface area contributed by atoms with Crippen molar-refractivity contribution in [3.63, 3.8) is 0 Å². The average molecular weight is 299 g/mol. The monoisotopic (exact) mass is 299 g/mol. The van der Waals surface area contributed by atoms with Crippen LogP contribution in [0.2, 0.25) is 0 Å². The maximum Gasteiger partial charge on any atom is 0.304 e. The van der Waals surface area contributed by atoms with Crippen LogP contribution < -0.4 is 14.9 Å². The van der Waals surface area contributed by atoms with Gasteiger partial charge >= 0.3 is 4.87 Å². The molecule has 19 heavy (non-hydrogen) atoms. The fourth-order valence-corrected chi connectivity index (χ4v) is 2.78. The second-order valence-electron chi connectivity index (χ2n) is 3.76. The molecule has 102 valence electrons. The van der Waals surface area contributed by atoms with E-state index < -0.39 is 10.0 Å². The van der Waals surface area contributed by atoms with Gasteiger partial charge in [-0.3, -0.25) is 4.79 Å². The lowest BCUT2D eigenvalue weighted by molar-refractivity contribution is 0.588. The molecule has 6 nitrogen and oxygen atoms in total. The summed E-state index contributed by atoms with van der Waals surface area (Å²) in [6, 6.07) is 6.39. The van der Waals surface area contributed by atoms with Gasteiger partial charge in [0.15, 0.2) is 0 Å². The molecule has 0 spiro atoms. The Morgan fingerprint density at radius 3 is 2.47 bits per heavy atom. The number of rotatable bonds is 5. The first kappa shape index (κ1) is 13.8. The van der Waals surface area contributed by atoms with Crippen molar-refractivity contribution in [3.05, 3.63) is 45.0 Å². The summed E-state index contributed by atoms with van der Waals surface area (Å²) < 4.78 is 25.3. The van der Waals surface area contributed by atoms with Gasteiger partial charge in [-0.25, -0.2) is 13.1 Å². The zero-order chi connectivity index (χ0) is 13.9. The highest BCUT2D eigenvalue weighted by molar-refractivity contribution is 7.89. The third kappa shape index (κ3) is 3.43. The summed E-state index contributed by atoms with van der Waals surface area (Å²) in [4.78, 5) is 13.8. The third-order valence-corrected chi connectivity index (χ3v) is 4.64. The molecule has 0 saturated heterocycles. The van der Waals surface area contributed by atoms with Gasteiger partial charge in [-0.05, 0) is 31.3 Å². The van der Waals surface area contributed by atoms with E-state index in [1.165, 1.54) is 19.2 Å². The largest absolute Gasteiger partial charge is 0.379 e. The van der Waals surface area contributed by atoms with Crippen molar-refractivity contribution in [3.8, 4) is 0 Å². The molecule has 0 fully saturated rings. The van der Waals surface area contributed by atoms with Gasteiger partial charge in [0.05, 0.1) is 11.4 Å². The van der Waals surface area contributed by atoms with Crippen molar-refractivity contribution in [2.75, 3.05) is 12.4 Å². The number of aromatic nitrogens is 1. The van der Waals surface area contributed by atoms with Gasteiger partial charge < -0.3 is 10.3 Å². The minimum Gasteiger partial charge on any atom is -0.379 e. The van der Waals surface area contributed by atoms with E-state index in [1.807, 2.05) is 0 Å². The van der Waals surface area contributed by atoms with Crippen LogP contribution in [0.5, 0.6) is 0 Å². The third-order valence-electron chi connectivity index (χ3n) is 2.49. The van der Waals surface area contributed by atoms with Crippen LogP contribution in [0, 0.1) is 0 Å². The van der Waals surface area contributed by atoms with E-state index in [2.05, 4.69) is 15.0 Å². The number of anilines is 1. The Morgan fingerprint density at radius 2 is 1.95 bits per heavy atom. The van der Waals surface area contributed by atoms with Crippen LogP contribution in [-0.4, -0.2) is 20.4 Å². The highest BCUT2D eigenvalue weighted by Gasteiger charge is 2.10. The Bertz CT molecular complexity index is 701. The van der Waals surface area contributed by atoms with Crippen LogP contribution in [-0.2, 0) is 16.6 Å². The number of nitrogens with one attached hydrogen (secondary N) is 3. The second kappa shape index (κ2) is 5.55. The van der Waals surface area contributed by atoms with Gasteiger partial charge in [-0.1, -0.05) is 11.3 Å². The molecule has 0 aliphatic carbocycles. The van der Waals surface area contributed by atoms with Crippen molar-refractivity contribution in [2.45, 2.75) is 11.4 Å². The number of benzene rings is 1. The zero-order valence-corrected chi connectivity index (χ0v) is 11.8. The van der Waals surface area contributed by atoms with E-state index in [-0.39, 0.29) is 9.77 Å². The maximum absolute atomic E-state index is 11.5. The summed E-state index contributed by atoms with van der Waals surface area (Å²) in [5, 5.41) is 4.84. The topological polar surface area (TPSA) is 91.1 Å². The normalized spacial score (nSPS) is 11.4. The Balaban J connectivity index is 2.05. The average Bonchev–Trinajstić information content (AvgIpc) is 2.83. The SMILES string of the molecule is CNS(=O)(=O)c1ccc(NCc2csc(=O)[nH]2)cc1. The van der Waals surface area contributed by atoms with Gasteiger partial charge in [-0.2, -0.15) is 0 Å². The number of H-pyrrole nitrogens is 1. The fourth-order valence-electron chi connectivity index (χ4n) is 1.47. The minimum atomic E-state index is -3.40. The first-order chi connectivity index (χ1) is 9.01. The van der Waals surface area contributed by atoms with E-state index in [9.17, 15) is 13.2 Å². The van der Waals surface area contributed by atoms with Crippen molar-refractivity contribution in [1.82, 2.24) is 9.71 Å². The molecule has 0 saturated carbocycles. The Morgan fingerprint density at radius 1 is 1.26 bits per heavy atom. The van der Waals surface area contributed by atoms with E-state index in [0.717, 1.165) is 22.7 Å². The maximum atomic E-state index is 11.5. The standard InChI is InChI=1S/C11H13N3O3S2/c1-12-19(16,17)10-4-2-8(3-5-10)13-6-9-7-18-11(15)14-9/h2-5,7,12-13H,6H2,1H3,(H,14,15). The van der Waals surface area contributed by atoms with Gasteiger partial charge in [-0.15, -0.1) is 0 Å². The summed E-state index contributed by atoms with van der Waals surface area (Å²) >= 11 is 1.11.